The molecule has 0 rings (SSSR count). The highest BCUT2D eigenvalue weighted by Crippen LogP contribution is 2.19. The van der Waals surface area contributed by atoms with Gasteiger partial charge in [0, 0.05) is 12.1 Å². The third kappa shape index (κ3) is 7.84. The van der Waals surface area contributed by atoms with E-state index in [1.807, 2.05) is 0 Å². The van der Waals surface area contributed by atoms with Crippen LogP contribution in [0.1, 0.15) is 19.8 Å². The van der Waals surface area contributed by atoms with Gasteiger partial charge in [-0.15, -0.1) is 0 Å². The molecule has 14 heavy (non-hydrogen) atoms. The Kier molecular flexibility index (Phi) is 5.52. The molecule has 0 radical (unpaired) electrons. The van der Waals surface area contributed by atoms with Gasteiger partial charge in [-0.1, -0.05) is 6.58 Å². The minimum atomic E-state index is -5.43. The number of halogens is 3. The van der Waals surface area contributed by atoms with E-state index in [1.54, 1.807) is 6.92 Å². The summed E-state index contributed by atoms with van der Waals surface area (Å²) in [6.07, 6.45) is 0.791. The summed E-state index contributed by atoms with van der Waals surface area (Å²) in [5.41, 5.74) is 0. The molecule has 0 aromatic heterocycles. The van der Waals surface area contributed by atoms with Crippen molar-refractivity contribution in [3.8, 4) is 0 Å². The Morgan fingerprint density at radius 1 is 1.57 bits per heavy atom. The van der Waals surface area contributed by atoms with Crippen molar-refractivity contribution in [1.82, 2.24) is 0 Å². The van der Waals surface area contributed by atoms with Crippen LogP contribution in [0, 0.1) is 0 Å². The third-order valence-corrected chi connectivity index (χ3v) is 2.48. The van der Waals surface area contributed by atoms with Crippen molar-refractivity contribution in [3.63, 3.8) is 0 Å². The van der Waals surface area contributed by atoms with Crippen molar-refractivity contribution in [3.05, 3.63) is 12.7 Å². The molecule has 6 heteroatoms. The number of esters is 1. The van der Waals surface area contributed by atoms with Crippen LogP contribution in [0.15, 0.2) is 12.7 Å². The fraction of sp³-hybridized carbons (Fsp3) is 0.625. The van der Waals surface area contributed by atoms with Crippen molar-refractivity contribution in [2.24, 2.45) is 0 Å². The fourth-order valence-corrected chi connectivity index (χ4v) is 1.50. The Hall–Kier alpha value is -0.783. The molecule has 1 unspecified atom stereocenters. The summed E-state index contributed by atoms with van der Waals surface area (Å²) in [6.45, 7) is 4.75. The smallest absolute Gasteiger partial charge is 0.460 e. The van der Waals surface area contributed by atoms with E-state index in [1.165, 1.54) is 0 Å². The molecule has 0 aromatic carbocycles. The number of hydrogen-bond donors (Lipinski definition) is 0. The second-order valence-corrected chi connectivity index (χ2v) is 4.69. The van der Waals surface area contributed by atoms with E-state index in [-0.39, 0.29) is 12.8 Å². The van der Waals surface area contributed by atoms with Gasteiger partial charge in [0.2, 0.25) is 0 Å². The number of carbonyl (C=O) groups excluding carboxylic acids is 1. The maximum Gasteiger partial charge on any atom is 0.616 e. The summed E-state index contributed by atoms with van der Waals surface area (Å²) in [4.78, 5) is 10.6. The Morgan fingerprint density at radius 3 is 2.57 bits per heavy atom. The molecule has 2 nitrogen and oxygen atoms in total. The van der Waals surface area contributed by atoms with Crippen LogP contribution < -0.4 is 0 Å². The Balaban J connectivity index is 3.59. The van der Waals surface area contributed by atoms with Crippen LogP contribution in [0.25, 0.3) is 0 Å². The molecule has 82 valence electrons. The summed E-state index contributed by atoms with van der Waals surface area (Å²) >= 11 is 0. The number of carbonyl (C=O) groups is 1. The van der Waals surface area contributed by atoms with Crippen LogP contribution in [0.4, 0.5) is 12.3 Å². The zero-order valence-corrected chi connectivity index (χ0v) is 8.93. The quantitative estimate of drug-likeness (QED) is 0.301. The minimum Gasteiger partial charge on any atom is -0.460 e. The second-order valence-electron chi connectivity index (χ2n) is 2.96. The summed E-state index contributed by atoms with van der Waals surface area (Å²) in [6, 6.07) is -0.705. The van der Waals surface area contributed by atoms with E-state index >= 15 is 0 Å². The van der Waals surface area contributed by atoms with Crippen LogP contribution in [-0.2, 0) is 9.53 Å². The van der Waals surface area contributed by atoms with E-state index in [9.17, 15) is 17.1 Å². The molecule has 0 spiro atoms. The zero-order valence-electron chi connectivity index (χ0n) is 7.93. The number of rotatable bonds is 6. The highest BCUT2D eigenvalue weighted by molar-refractivity contribution is 6.58. The number of hydrogen-bond acceptors (Lipinski definition) is 2. The van der Waals surface area contributed by atoms with Crippen LogP contribution in [0.3, 0.4) is 0 Å². The lowest BCUT2D eigenvalue weighted by atomic mass is 10.2. The predicted molar refractivity (Wildman–Crippen MR) is 48.9 cm³/mol. The van der Waals surface area contributed by atoms with Crippen molar-refractivity contribution < 1.29 is 21.9 Å². The molecule has 0 heterocycles. The van der Waals surface area contributed by atoms with Gasteiger partial charge in [0.25, 0.3) is 0 Å². The first-order valence-electron chi connectivity index (χ1n) is 4.25. The van der Waals surface area contributed by atoms with Gasteiger partial charge in [-0.25, -0.2) is 17.1 Å². The molecule has 0 aliphatic heterocycles. The molecule has 0 amide bonds. The highest BCUT2D eigenvalue weighted by Gasteiger charge is 2.35. The van der Waals surface area contributed by atoms with Crippen molar-refractivity contribution in [2.45, 2.75) is 31.9 Å². The van der Waals surface area contributed by atoms with Gasteiger partial charge in [-0.05, 0) is 19.8 Å². The molecule has 0 aliphatic carbocycles. The average Bonchev–Trinajstić information content (AvgIpc) is 2.01. The van der Waals surface area contributed by atoms with Crippen molar-refractivity contribution >= 4 is 15.0 Å². The lowest BCUT2D eigenvalue weighted by Gasteiger charge is -2.11. The van der Waals surface area contributed by atoms with Crippen LogP contribution in [0.2, 0.25) is 6.04 Å². The molecule has 0 N–H and O–H groups in total. The molecule has 0 aliphatic rings. The monoisotopic (exact) mass is 226 g/mol. The second kappa shape index (κ2) is 5.84. The largest absolute Gasteiger partial charge is 0.616 e. The standard InChI is InChI=1S/C8H13F3O2Si/c1-3-8(12)13-7(2)5-4-6-14(9,10)11/h3,7H,1,4-6H2,2H3. The van der Waals surface area contributed by atoms with Gasteiger partial charge in [-0.2, -0.15) is 0 Å². The summed E-state index contributed by atoms with van der Waals surface area (Å²) in [5, 5.41) is 0. The van der Waals surface area contributed by atoms with Crippen LogP contribution in [-0.4, -0.2) is 21.1 Å². The van der Waals surface area contributed by atoms with Gasteiger partial charge in [0.15, 0.2) is 0 Å². The minimum absolute atomic E-state index is 0.0291. The van der Waals surface area contributed by atoms with Gasteiger partial charge >= 0.3 is 15.0 Å². The van der Waals surface area contributed by atoms with Gasteiger partial charge < -0.3 is 4.74 Å². The van der Waals surface area contributed by atoms with E-state index in [0.29, 0.717) is 0 Å². The molecule has 0 bridgehead atoms. The first-order valence-corrected chi connectivity index (χ1v) is 6.09. The van der Waals surface area contributed by atoms with E-state index in [4.69, 9.17) is 4.74 Å². The van der Waals surface area contributed by atoms with Crippen LogP contribution >= 0.6 is 0 Å². The third-order valence-electron chi connectivity index (χ3n) is 1.55. The van der Waals surface area contributed by atoms with Crippen molar-refractivity contribution in [1.29, 1.82) is 0 Å². The zero-order chi connectivity index (χ0) is 11.2. The molecular formula is C8H13F3O2Si. The fourth-order valence-electron chi connectivity index (χ4n) is 0.895. The highest BCUT2D eigenvalue weighted by atomic mass is 28.5. The maximum absolute atomic E-state index is 11.8. The Labute approximate surface area is 82.3 Å². The Morgan fingerprint density at radius 2 is 2.14 bits per heavy atom. The Bertz CT molecular complexity index is 203. The number of ether oxygens (including phenoxy) is 1. The van der Waals surface area contributed by atoms with Crippen molar-refractivity contribution in [2.75, 3.05) is 0 Å². The summed E-state index contributed by atoms with van der Waals surface area (Å²) < 4.78 is 40.3. The van der Waals surface area contributed by atoms with E-state index < -0.39 is 27.2 Å². The summed E-state index contributed by atoms with van der Waals surface area (Å²) in [7, 11) is -5.43. The lowest BCUT2D eigenvalue weighted by molar-refractivity contribution is -0.142. The first kappa shape index (κ1) is 13.2. The lowest BCUT2D eigenvalue weighted by Crippen LogP contribution is -2.17. The SMILES string of the molecule is C=CC(=O)OC(C)CCC[Si](F)(F)F. The predicted octanol–water partition coefficient (Wildman–Crippen LogP) is 2.73. The van der Waals surface area contributed by atoms with Gasteiger partial charge in [0.1, 0.15) is 0 Å². The first-order chi connectivity index (χ1) is 6.35. The molecule has 0 saturated carbocycles. The average molecular weight is 226 g/mol. The van der Waals surface area contributed by atoms with Gasteiger partial charge in [-0.3, -0.25) is 0 Å². The molecule has 0 saturated heterocycles. The van der Waals surface area contributed by atoms with Crippen LogP contribution in [0.5, 0.6) is 0 Å². The van der Waals surface area contributed by atoms with E-state index in [2.05, 4.69) is 6.58 Å². The topological polar surface area (TPSA) is 26.3 Å². The molecule has 1 atom stereocenters. The molecule has 0 aromatic rings. The maximum atomic E-state index is 11.8. The molecule has 0 fully saturated rings. The normalized spacial score (nSPS) is 13.4. The summed E-state index contributed by atoms with van der Waals surface area (Å²) in [5.74, 6) is -0.596. The van der Waals surface area contributed by atoms with Gasteiger partial charge in [0.05, 0.1) is 6.10 Å². The molecular weight excluding hydrogens is 213 g/mol. The van der Waals surface area contributed by atoms with E-state index in [0.717, 1.165) is 6.08 Å².